The smallest absolute Gasteiger partial charge is 0.276 e. The van der Waals surface area contributed by atoms with E-state index in [9.17, 15) is 8.42 Å². The van der Waals surface area contributed by atoms with Gasteiger partial charge in [-0.25, -0.2) is 8.42 Å². The number of benzene rings is 1. The minimum absolute atomic E-state index is 0.0339. The van der Waals surface area contributed by atoms with Crippen LogP contribution in [0.4, 0.5) is 0 Å². The highest BCUT2D eigenvalue weighted by atomic mass is 32.2. The number of furan rings is 1. The fourth-order valence-electron chi connectivity index (χ4n) is 3.60. The summed E-state index contributed by atoms with van der Waals surface area (Å²) < 4.78 is 44.2. The quantitative estimate of drug-likeness (QED) is 0.704. The Hall–Kier alpha value is -2.03. The number of rotatable bonds is 7. The minimum Gasteiger partial charge on any atom is -0.486 e. The fourth-order valence-corrected chi connectivity index (χ4v) is 5.05. The Kier molecular flexibility index (Phi) is 5.61. The van der Waals surface area contributed by atoms with Crippen LogP contribution in [0.1, 0.15) is 25.5 Å². The third-order valence-electron chi connectivity index (χ3n) is 5.15. The first-order valence-corrected chi connectivity index (χ1v) is 11.2. The predicted octanol–water partition coefficient (Wildman–Crippen LogP) is 2.73. The van der Waals surface area contributed by atoms with Gasteiger partial charge >= 0.3 is 0 Å². The van der Waals surface area contributed by atoms with Crippen LogP contribution in [0.5, 0.6) is 11.5 Å². The Morgan fingerprint density at radius 2 is 1.86 bits per heavy atom. The maximum Gasteiger partial charge on any atom is 0.276 e. The van der Waals surface area contributed by atoms with Crippen molar-refractivity contribution in [1.29, 1.82) is 0 Å². The summed E-state index contributed by atoms with van der Waals surface area (Å²) in [6, 6.07) is 11.0. The number of ether oxygens (including phenoxy) is 2. The van der Waals surface area contributed by atoms with E-state index >= 15 is 0 Å². The predicted molar refractivity (Wildman–Crippen MR) is 104 cm³/mol. The summed E-state index contributed by atoms with van der Waals surface area (Å²) >= 11 is 0. The average molecular weight is 407 g/mol. The molecule has 1 aromatic heterocycles. The molecule has 3 heterocycles. The van der Waals surface area contributed by atoms with Crippen LogP contribution < -0.4 is 9.47 Å². The Morgan fingerprint density at radius 1 is 1.11 bits per heavy atom. The van der Waals surface area contributed by atoms with Crippen molar-refractivity contribution in [3.63, 3.8) is 0 Å². The molecule has 1 fully saturated rings. The van der Waals surface area contributed by atoms with Gasteiger partial charge in [0, 0.05) is 19.6 Å². The lowest BCUT2D eigenvalue weighted by Gasteiger charge is -2.30. The zero-order valence-corrected chi connectivity index (χ0v) is 16.9. The fraction of sp³-hybridized carbons (Fsp3) is 0.500. The Labute approximate surface area is 165 Å². The van der Waals surface area contributed by atoms with E-state index in [1.807, 2.05) is 24.3 Å². The van der Waals surface area contributed by atoms with Crippen LogP contribution in [0.2, 0.25) is 0 Å². The van der Waals surface area contributed by atoms with Crippen LogP contribution in [0, 0.1) is 0 Å². The van der Waals surface area contributed by atoms with Gasteiger partial charge in [0.15, 0.2) is 11.5 Å². The van der Waals surface area contributed by atoms with Crippen LogP contribution >= 0.6 is 0 Å². The molecule has 0 radical (unpaired) electrons. The number of para-hydroxylation sites is 2. The van der Waals surface area contributed by atoms with Gasteiger partial charge < -0.3 is 13.9 Å². The molecule has 0 N–H and O–H groups in total. The second-order valence-corrected chi connectivity index (χ2v) is 9.03. The average Bonchev–Trinajstić information content (AvgIpc) is 3.40. The number of fused-ring (bicyclic) bond motifs is 1. The highest BCUT2D eigenvalue weighted by Crippen LogP contribution is 2.31. The summed E-state index contributed by atoms with van der Waals surface area (Å²) in [5.41, 5.74) is 0. The van der Waals surface area contributed by atoms with Gasteiger partial charge in [-0.3, -0.25) is 4.90 Å². The molecule has 1 aromatic carbocycles. The van der Waals surface area contributed by atoms with Crippen molar-refractivity contribution < 1.29 is 22.3 Å². The normalized spacial score (nSPS) is 20.0. The standard InChI is InChI=1S/C20H26N2O5S/c1-2-21(14-17-15-25-18-7-3-4-8-19(18)26-17)13-16-9-10-20(27-16)28(23,24)22-11-5-6-12-22/h3-4,7-10,17H,2,5-6,11-15H2,1H3. The lowest BCUT2D eigenvalue weighted by Crippen LogP contribution is -2.40. The molecule has 0 aliphatic carbocycles. The van der Waals surface area contributed by atoms with Gasteiger partial charge in [-0.15, -0.1) is 0 Å². The van der Waals surface area contributed by atoms with Crippen molar-refractivity contribution >= 4 is 10.0 Å². The topological polar surface area (TPSA) is 72.2 Å². The zero-order valence-electron chi connectivity index (χ0n) is 16.0. The molecule has 4 rings (SSSR count). The molecule has 0 amide bonds. The molecule has 2 aromatic rings. The van der Waals surface area contributed by atoms with Crippen LogP contribution in [0.3, 0.4) is 0 Å². The SMILES string of the molecule is CCN(Cc1ccc(S(=O)(=O)N2CCCC2)o1)CC1COc2ccccc2O1. The number of sulfonamides is 1. The number of hydrogen-bond donors (Lipinski definition) is 0. The highest BCUT2D eigenvalue weighted by molar-refractivity contribution is 7.89. The molecular weight excluding hydrogens is 380 g/mol. The minimum atomic E-state index is -3.52. The molecule has 0 saturated carbocycles. The molecule has 1 unspecified atom stereocenters. The van der Waals surface area contributed by atoms with Crippen molar-refractivity contribution in [3.8, 4) is 11.5 Å². The van der Waals surface area contributed by atoms with Crippen molar-refractivity contribution in [1.82, 2.24) is 9.21 Å². The van der Waals surface area contributed by atoms with E-state index in [0.29, 0.717) is 38.5 Å². The monoisotopic (exact) mass is 406 g/mol. The molecule has 1 saturated heterocycles. The van der Waals surface area contributed by atoms with Crippen LogP contribution in [-0.2, 0) is 16.6 Å². The molecular formula is C20H26N2O5S. The first kappa shape index (κ1) is 19.3. The summed E-state index contributed by atoms with van der Waals surface area (Å²) in [7, 11) is -3.52. The van der Waals surface area contributed by atoms with E-state index in [2.05, 4.69) is 11.8 Å². The summed E-state index contributed by atoms with van der Waals surface area (Å²) in [4.78, 5) is 2.16. The van der Waals surface area contributed by atoms with E-state index in [0.717, 1.165) is 30.9 Å². The van der Waals surface area contributed by atoms with E-state index in [-0.39, 0.29) is 11.2 Å². The number of likely N-dealkylation sites (N-methyl/N-ethyl adjacent to an activating group) is 1. The van der Waals surface area contributed by atoms with E-state index < -0.39 is 10.0 Å². The van der Waals surface area contributed by atoms with E-state index in [1.54, 1.807) is 12.1 Å². The lowest BCUT2D eigenvalue weighted by atomic mass is 10.2. The van der Waals surface area contributed by atoms with Gasteiger partial charge in [0.2, 0.25) is 5.09 Å². The van der Waals surface area contributed by atoms with E-state index in [4.69, 9.17) is 13.9 Å². The summed E-state index contributed by atoms with van der Waals surface area (Å²) in [5, 5.41) is 0.0339. The van der Waals surface area contributed by atoms with Crippen molar-refractivity contribution in [2.75, 3.05) is 32.8 Å². The zero-order chi connectivity index (χ0) is 19.6. The van der Waals surface area contributed by atoms with Crippen molar-refractivity contribution in [2.24, 2.45) is 0 Å². The van der Waals surface area contributed by atoms with Crippen LogP contribution in [0.15, 0.2) is 45.9 Å². The van der Waals surface area contributed by atoms with Crippen LogP contribution in [0.25, 0.3) is 0 Å². The third-order valence-corrected chi connectivity index (χ3v) is 6.93. The largest absolute Gasteiger partial charge is 0.486 e. The van der Waals surface area contributed by atoms with Gasteiger partial charge in [-0.1, -0.05) is 19.1 Å². The van der Waals surface area contributed by atoms with E-state index in [1.165, 1.54) is 4.31 Å². The van der Waals surface area contributed by atoms with Gasteiger partial charge in [0.25, 0.3) is 10.0 Å². The lowest BCUT2D eigenvalue weighted by molar-refractivity contribution is 0.0558. The van der Waals surface area contributed by atoms with Gasteiger partial charge in [-0.05, 0) is 43.7 Å². The second kappa shape index (κ2) is 8.14. The molecule has 7 nitrogen and oxygen atoms in total. The van der Waals surface area contributed by atoms with Crippen molar-refractivity contribution in [3.05, 3.63) is 42.2 Å². The molecule has 1 atom stereocenters. The maximum absolute atomic E-state index is 12.6. The molecule has 2 aliphatic rings. The maximum atomic E-state index is 12.6. The Balaban J connectivity index is 1.39. The van der Waals surface area contributed by atoms with Gasteiger partial charge in [0.1, 0.15) is 18.5 Å². The Bertz CT molecular complexity index is 905. The first-order valence-electron chi connectivity index (χ1n) is 9.76. The summed E-state index contributed by atoms with van der Waals surface area (Å²) in [6.07, 6.45) is 1.73. The molecule has 8 heteroatoms. The van der Waals surface area contributed by atoms with Gasteiger partial charge in [0.05, 0.1) is 6.54 Å². The second-order valence-electron chi connectivity index (χ2n) is 7.16. The third kappa shape index (κ3) is 4.04. The molecule has 0 bridgehead atoms. The molecule has 152 valence electrons. The molecule has 0 spiro atoms. The molecule has 2 aliphatic heterocycles. The summed E-state index contributed by atoms with van der Waals surface area (Å²) in [5.74, 6) is 2.16. The number of hydrogen-bond acceptors (Lipinski definition) is 6. The first-order chi connectivity index (χ1) is 13.6. The van der Waals surface area contributed by atoms with Crippen molar-refractivity contribution in [2.45, 2.75) is 37.5 Å². The van der Waals surface area contributed by atoms with Gasteiger partial charge in [-0.2, -0.15) is 4.31 Å². The summed E-state index contributed by atoms with van der Waals surface area (Å²) in [6.45, 7) is 5.66. The molecule has 28 heavy (non-hydrogen) atoms. The van der Waals surface area contributed by atoms with Crippen LogP contribution in [-0.4, -0.2) is 56.5 Å². The highest BCUT2D eigenvalue weighted by Gasteiger charge is 2.30. The number of nitrogens with zero attached hydrogens (tertiary/aromatic N) is 2. The Morgan fingerprint density at radius 3 is 2.61 bits per heavy atom.